The highest BCUT2D eigenvalue weighted by atomic mass is 19.1. The van der Waals surface area contributed by atoms with Crippen molar-refractivity contribution < 1.29 is 13.9 Å². The predicted octanol–water partition coefficient (Wildman–Crippen LogP) is 2.25. The lowest BCUT2D eigenvalue weighted by molar-refractivity contribution is 0.203. The highest BCUT2D eigenvalue weighted by molar-refractivity contribution is 5.90. The smallest absolute Gasteiger partial charge is 0.347 e. The number of hydrogen-bond donors (Lipinski definition) is 2. The maximum atomic E-state index is 14.5. The van der Waals surface area contributed by atoms with Gasteiger partial charge < -0.3 is 21.1 Å². The van der Waals surface area contributed by atoms with E-state index >= 15 is 0 Å². The van der Waals surface area contributed by atoms with E-state index in [1.807, 2.05) is 18.2 Å². The van der Waals surface area contributed by atoms with Gasteiger partial charge in [0.2, 0.25) is 0 Å². The van der Waals surface area contributed by atoms with E-state index in [0.717, 1.165) is 11.1 Å². The Kier molecular flexibility index (Phi) is 4.56. The van der Waals surface area contributed by atoms with Crippen LogP contribution in [0.15, 0.2) is 41.4 Å². The van der Waals surface area contributed by atoms with Gasteiger partial charge in [0.05, 0.1) is 12.7 Å². The number of urea groups is 1. The van der Waals surface area contributed by atoms with Gasteiger partial charge in [-0.15, -0.1) is 0 Å². The van der Waals surface area contributed by atoms with Crippen LogP contribution in [0.3, 0.4) is 0 Å². The number of nitrogens with zero attached hydrogens (tertiary/aromatic N) is 2. The van der Waals surface area contributed by atoms with Crippen LogP contribution in [0.5, 0.6) is 5.75 Å². The van der Waals surface area contributed by atoms with Gasteiger partial charge in [-0.25, -0.2) is 9.18 Å². The first-order valence-electron chi connectivity index (χ1n) is 7.83. The summed E-state index contributed by atoms with van der Waals surface area (Å²) in [5.41, 5.74) is 13.6. The molecule has 4 N–H and O–H groups in total. The molecule has 1 heterocycles. The fourth-order valence-corrected chi connectivity index (χ4v) is 3.10. The summed E-state index contributed by atoms with van der Waals surface area (Å²) in [7, 11) is 1.50. The molecule has 25 heavy (non-hydrogen) atoms. The third-order valence-corrected chi connectivity index (χ3v) is 4.23. The van der Waals surface area contributed by atoms with E-state index in [1.54, 1.807) is 17.0 Å². The van der Waals surface area contributed by atoms with Crippen LogP contribution < -0.4 is 16.2 Å². The molecule has 0 saturated carbocycles. The number of guanidine groups is 1. The molecule has 130 valence electrons. The highest BCUT2D eigenvalue weighted by Gasteiger charge is 2.25. The summed E-state index contributed by atoms with van der Waals surface area (Å²) in [6, 6.07) is 9.89. The van der Waals surface area contributed by atoms with Crippen LogP contribution in [0.4, 0.5) is 9.18 Å². The largest absolute Gasteiger partial charge is 0.496 e. The van der Waals surface area contributed by atoms with Crippen LogP contribution in [0.1, 0.15) is 11.1 Å². The average molecular weight is 342 g/mol. The Labute approximate surface area is 144 Å². The Balaban J connectivity index is 2.07. The quantitative estimate of drug-likeness (QED) is 0.646. The lowest BCUT2D eigenvalue weighted by atomic mass is 9.90. The number of aliphatic imine (C=N–C) groups is 1. The second kappa shape index (κ2) is 6.80. The zero-order valence-corrected chi connectivity index (χ0v) is 13.8. The Morgan fingerprint density at radius 1 is 1.24 bits per heavy atom. The summed E-state index contributed by atoms with van der Waals surface area (Å²) >= 11 is 0. The summed E-state index contributed by atoms with van der Waals surface area (Å²) in [4.78, 5) is 17.3. The molecule has 0 aromatic heterocycles. The van der Waals surface area contributed by atoms with Crippen molar-refractivity contribution in [3.8, 4) is 16.9 Å². The van der Waals surface area contributed by atoms with Crippen molar-refractivity contribution in [2.75, 3.05) is 13.7 Å². The molecule has 2 amide bonds. The van der Waals surface area contributed by atoms with Crippen molar-refractivity contribution in [2.24, 2.45) is 16.5 Å². The molecule has 6 nitrogen and oxygen atoms in total. The van der Waals surface area contributed by atoms with Crippen molar-refractivity contribution in [1.29, 1.82) is 0 Å². The molecule has 0 aliphatic carbocycles. The molecule has 0 unspecified atom stereocenters. The third kappa shape index (κ3) is 3.26. The van der Waals surface area contributed by atoms with E-state index in [0.29, 0.717) is 36.4 Å². The number of nitrogens with two attached hydrogens (primary N) is 2. The molecular weight excluding hydrogens is 323 g/mol. The third-order valence-electron chi connectivity index (χ3n) is 4.23. The van der Waals surface area contributed by atoms with Gasteiger partial charge in [0.15, 0.2) is 5.96 Å². The summed E-state index contributed by atoms with van der Waals surface area (Å²) in [5.74, 6) is -0.207. The van der Waals surface area contributed by atoms with E-state index in [4.69, 9.17) is 16.2 Å². The molecule has 3 rings (SSSR count). The molecule has 0 radical (unpaired) electrons. The number of carbonyl (C=O) groups is 1. The zero-order valence-electron chi connectivity index (χ0n) is 13.8. The van der Waals surface area contributed by atoms with Crippen LogP contribution in [-0.2, 0) is 13.0 Å². The number of fused-ring (bicyclic) bond motifs is 1. The molecule has 0 fully saturated rings. The Morgan fingerprint density at radius 2 is 2.00 bits per heavy atom. The van der Waals surface area contributed by atoms with Crippen molar-refractivity contribution in [3.63, 3.8) is 0 Å². The normalized spacial score (nSPS) is 13.1. The maximum absolute atomic E-state index is 14.5. The average Bonchev–Trinajstić information content (AvgIpc) is 2.60. The predicted molar refractivity (Wildman–Crippen MR) is 93.7 cm³/mol. The van der Waals surface area contributed by atoms with Gasteiger partial charge in [-0.3, -0.25) is 0 Å². The van der Waals surface area contributed by atoms with E-state index < -0.39 is 6.03 Å². The monoisotopic (exact) mass is 342 g/mol. The van der Waals surface area contributed by atoms with Crippen LogP contribution in [0.25, 0.3) is 11.1 Å². The fraction of sp³-hybridized carbons (Fsp3) is 0.222. The summed E-state index contributed by atoms with van der Waals surface area (Å²) < 4.78 is 19.8. The molecule has 1 aliphatic heterocycles. The van der Waals surface area contributed by atoms with Crippen molar-refractivity contribution >= 4 is 12.0 Å². The Hall–Kier alpha value is -3.09. The van der Waals surface area contributed by atoms with Crippen molar-refractivity contribution in [2.45, 2.75) is 13.0 Å². The van der Waals surface area contributed by atoms with Gasteiger partial charge in [-0.1, -0.05) is 24.3 Å². The van der Waals surface area contributed by atoms with Gasteiger partial charge in [-0.2, -0.15) is 4.99 Å². The lowest BCUT2D eigenvalue weighted by Crippen LogP contribution is -2.36. The number of halogens is 1. The Bertz CT molecular complexity index is 847. The maximum Gasteiger partial charge on any atom is 0.347 e. The number of hydrogen-bond acceptors (Lipinski definition) is 2. The highest BCUT2D eigenvalue weighted by Crippen LogP contribution is 2.37. The fourth-order valence-electron chi connectivity index (χ4n) is 3.10. The van der Waals surface area contributed by atoms with E-state index in [1.165, 1.54) is 13.2 Å². The number of methoxy groups -OCH3 is 1. The first-order chi connectivity index (χ1) is 12.0. The molecular formula is C18H19FN4O2. The first-order valence-corrected chi connectivity index (χ1v) is 7.83. The summed E-state index contributed by atoms with van der Waals surface area (Å²) in [6.07, 6.45) is 0.645. The van der Waals surface area contributed by atoms with Crippen molar-refractivity contribution in [3.05, 3.63) is 53.3 Å². The van der Waals surface area contributed by atoms with Gasteiger partial charge in [0, 0.05) is 13.1 Å². The van der Waals surface area contributed by atoms with E-state index in [9.17, 15) is 9.18 Å². The summed E-state index contributed by atoms with van der Waals surface area (Å²) in [5, 5.41) is 0. The lowest BCUT2D eigenvalue weighted by Gasteiger charge is -2.29. The number of benzene rings is 2. The second-order valence-electron chi connectivity index (χ2n) is 5.75. The molecule has 0 bridgehead atoms. The SMILES string of the molecule is COc1cccc(F)c1-c1cccc2c1CN(C(=O)N=C(N)N)CC2. The first kappa shape index (κ1) is 16.8. The van der Waals surface area contributed by atoms with E-state index in [2.05, 4.69) is 4.99 Å². The van der Waals surface area contributed by atoms with Gasteiger partial charge in [0.25, 0.3) is 0 Å². The van der Waals surface area contributed by atoms with Crippen LogP contribution in [0.2, 0.25) is 0 Å². The van der Waals surface area contributed by atoms with Gasteiger partial charge in [0.1, 0.15) is 11.6 Å². The second-order valence-corrected chi connectivity index (χ2v) is 5.75. The number of ether oxygens (including phenoxy) is 1. The Morgan fingerprint density at radius 3 is 2.72 bits per heavy atom. The zero-order chi connectivity index (χ0) is 18.0. The molecule has 0 saturated heterocycles. The molecule has 7 heteroatoms. The number of rotatable bonds is 2. The molecule has 1 aliphatic rings. The molecule has 2 aromatic carbocycles. The van der Waals surface area contributed by atoms with E-state index in [-0.39, 0.29) is 11.8 Å². The summed E-state index contributed by atoms with van der Waals surface area (Å²) in [6.45, 7) is 0.805. The molecule has 0 atom stereocenters. The minimum Gasteiger partial charge on any atom is -0.496 e. The van der Waals surface area contributed by atoms with Crippen molar-refractivity contribution in [1.82, 2.24) is 4.90 Å². The number of amides is 2. The topological polar surface area (TPSA) is 93.9 Å². The van der Waals surface area contributed by atoms with Crippen LogP contribution >= 0.6 is 0 Å². The van der Waals surface area contributed by atoms with Crippen LogP contribution in [-0.4, -0.2) is 30.5 Å². The number of carbonyl (C=O) groups excluding carboxylic acids is 1. The van der Waals surface area contributed by atoms with Gasteiger partial charge >= 0.3 is 6.03 Å². The van der Waals surface area contributed by atoms with Crippen LogP contribution in [0, 0.1) is 5.82 Å². The molecule has 2 aromatic rings. The molecule has 0 spiro atoms. The minimum atomic E-state index is -0.499. The minimum absolute atomic E-state index is 0.278. The standard InChI is InChI=1S/C18H19FN4O2/c1-25-15-7-3-6-14(19)16(15)12-5-2-4-11-8-9-23(10-13(11)12)18(24)22-17(20)21/h2-7H,8-10H2,1H3,(H4,20,21,22,24). The van der Waals surface area contributed by atoms with Gasteiger partial charge in [-0.05, 0) is 35.2 Å².